The highest BCUT2D eigenvalue weighted by atomic mass is 16.5. The van der Waals surface area contributed by atoms with Gasteiger partial charge in [0.05, 0.1) is 7.11 Å². The van der Waals surface area contributed by atoms with E-state index in [-0.39, 0.29) is 5.97 Å². The first kappa shape index (κ1) is 13.2. The number of esters is 1. The van der Waals surface area contributed by atoms with E-state index < -0.39 is 0 Å². The van der Waals surface area contributed by atoms with Crippen LogP contribution in [0, 0.1) is 0 Å². The first-order chi connectivity index (χ1) is 6.70. The third-order valence-corrected chi connectivity index (χ3v) is 2.08. The number of methoxy groups -OCH3 is 1. The van der Waals surface area contributed by atoms with Crippen molar-refractivity contribution in [2.24, 2.45) is 0 Å². The van der Waals surface area contributed by atoms with E-state index in [2.05, 4.69) is 23.6 Å². The maximum Gasteiger partial charge on any atom is 0.305 e. The lowest BCUT2D eigenvalue weighted by molar-refractivity contribution is -0.140. The van der Waals surface area contributed by atoms with Crippen molar-refractivity contribution < 1.29 is 9.53 Å². The van der Waals surface area contributed by atoms with Crippen LogP contribution < -0.4 is 5.32 Å². The monoisotopic (exact) mass is 199 g/mol. The lowest BCUT2D eigenvalue weighted by atomic mass is 10.2. The van der Waals surface area contributed by atoms with Crippen LogP contribution in [0.15, 0.2) is 12.7 Å². The standard InChI is InChI=1S/C11H21NO2/c1-4-5-7-10(2)12-9-6-8-11(13)14-3/h4,10,12H,1,5-9H2,2-3H3. The minimum Gasteiger partial charge on any atom is -0.469 e. The molecule has 0 bridgehead atoms. The maximum atomic E-state index is 10.8. The van der Waals surface area contributed by atoms with Crippen LogP contribution >= 0.6 is 0 Å². The summed E-state index contributed by atoms with van der Waals surface area (Å²) in [6.07, 6.45) is 5.39. The fourth-order valence-corrected chi connectivity index (χ4v) is 1.15. The predicted octanol–water partition coefficient (Wildman–Crippen LogP) is 1.88. The van der Waals surface area contributed by atoms with E-state index in [0.717, 1.165) is 25.8 Å². The molecule has 0 aromatic rings. The zero-order chi connectivity index (χ0) is 10.8. The Morgan fingerprint density at radius 2 is 2.36 bits per heavy atom. The third kappa shape index (κ3) is 7.80. The zero-order valence-corrected chi connectivity index (χ0v) is 9.21. The highest BCUT2D eigenvalue weighted by Gasteiger charge is 2.01. The minimum absolute atomic E-state index is 0.134. The lowest BCUT2D eigenvalue weighted by Gasteiger charge is -2.11. The summed E-state index contributed by atoms with van der Waals surface area (Å²) in [5.74, 6) is -0.134. The number of carbonyl (C=O) groups excluding carboxylic acids is 1. The van der Waals surface area contributed by atoms with Crippen molar-refractivity contribution in [2.45, 2.75) is 38.6 Å². The van der Waals surface area contributed by atoms with Crippen LogP contribution in [-0.2, 0) is 9.53 Å². The summed E-state index contributed by atoms with van der Waals surface area (Å²) in [5, 5.41) is 3.34. The Kier molecular flexibility index (Phi) is 8.24. The zero-order valence-electron chi connectivity index (χ0n) is 9.21. The fraction of sp³-hybridized carbons (Fsp3) is 0.727. The van der Waals surface area contributed by atoms with Gasteiger partial charge < -0.3 is 10.1 Å². The summed E-state index contributed by atoms with van der Waals surface area (Å²) in [6, 6.07) is 0.491. The lowest BCUT2D eigenvalue weighted by Crippen LogP contribution is -2.27. The van der Waals surface area contributed by atoms with E-state index in [1.807, 2.05) is 6.08 Å². The quantitative estimate of drug-likeness (QED) is 0.368. The number of rotatable bonds is 8. The van der Waals surface area contributed by atoms with Crippen molar-refractivity contribution in [3.8, 4) is 0 Å². The topological polar surface area (TPSA) is 38.3 Å². The van der Waals surface area contributed by atoms with Gasteiger partial charge in [-0.1, -0.05) is 6.08 Å². The van der Waals surface area contributed by atoms with Gasteiger partial charge in [-0.25, -0.2) is 0 Å². The molecule has 0 saturated heterocycles. The molecule has 0 aliphatic carbocycles. The number of nitrogens with one attached hydrogen (secondary N) is 1. The van der Waals surface area contributed by atoms with Crippen molar-refractivity contribution in [1.82, 2.24) is 5.32 Å². The van der Waals surface area contributed by atoms with E-state index in [0.29, 0.717) is 12.5 Å². The Balaban J connectivity index is 3.26. The number of hydrogen-bond donors (Lipinski definition) is 1. The molecule has 14 heavy (non-hydrogen) atoms. The smallest absolute Gasteiger partial charge is 0.305 e. The van der Waals surface area contributed by atoms with Crippen molar-refractivity contribution in [3.63, 3.8) is 0 Å². The number of carbonyl (C=O) groups is 1. The van der Waals surface area contributed by atoms with Crippen molar-refractivity contribution >= 4 is 5.97 Å². The van der Waals surface area contributed by atoms with E-state index in [4.69, 9.17) is 0 Å². The van der Waals surface area contributed by atoms with Crippen molar-refractivity contribution in [1.29, 1.82) is 0 Å². The molecule has 0 aromatic heterocycles. The van der Waals surface area contributed by atoms with E-state index in [9.17, 15) is 4.79 Å². The molecule has 0 fully saturated rings. The summed E-state index contributed by atoms with van der Waals surface area (Å²) in [6.45, 7) is 6.68. The van der Waals surface area contributed by atoms with Crippen LogP contribution in [0.25, 0.3) is 0 Å². The SMILES string of the molecule is C=CCCC(C)NCCCC(=O)OC. The van der Waals surface area contributed by atoms with Crippen LogP contribution in [0.3, 0.4) is 0 Å². The molecule has 1 N–H and O–H groups in total. The fourth-order valence-electron chi connectivity index (χ4n) is 1.15. The molecular weight excluding hydrogens is 178 g/mol. The number of hydrogen-bond acceptors (Lipinski definition) is 3. The van der Waals surface area contributed by atoms with Crippen LogP contribution in [0.2, 0.25) is 0 Å². The number of ether oxygens (including phenoxy) is 1. The van der Waals surface area contributed by atoms with Gasteiger partial charge in [-0.05, 0) is 32.7 Å². The Hall–Kier alpha value is -0.830. The first-order valence-corrected chi connectivity index (χ1v) is 5.11. The highest BCUT2D eigenvalue weighted by Crippen LogP contribution is 1.97. The highest BCUT2D eigenvalue weighted by molar-refractivity contribution is 5.69. The summed E-state index contributed by atoms with van der Waals surface area (Å²) >= 11 is 0. The van der Waals surface area contributed by atoms with Crippen LogP contribution in [-0.4, -0.2) is 25.7 Å². The molecule has 3 nitrogen and oxygen atoms in total. The van der Waals surface area contributed by atoms with Crippen LogP contribution in [0.5, 0.6) is 0 Å². The molecule has 0 radical (unpaired) electrons. The van der Waals surface area contributed by atoms with Gasteiger partial charge in [-0.2, -0.15) is 0 Å². The second kappa shape index (κ2) is 8.75. The Morgan fingerprint density at radius 1 is 1.64 bits per heavy atom. The average molecular weight is 199 g/mol. The molecule has 0 amide bonds. The summed E-state index contributed by atoms with van der Waals surface area (Å²) in [7, 11) is 1.42. The van der Waals surface area contributed by atoms with Crippen LogP contribution in [0.4, 0.5) is 0 Å². The molecule has 0 rings (SSSR count). The molecule has 3 heteroatoms. The molecule has 0 heterocycles. The van der Waals surface area contributed by atoms with Gasteiger partial charge in [-0.3, -0.25) is 4.79 Å². The summed E-state index contributed by atoms with van der Waals surface area (Å²) < 4.78 is 4.54. The molecule has 0 spiro atoms. The minimum atomic E-state index is -0.134. The molecule has 1 atom stereocenters. The van der Waals surface area contributed by atoms with Gasteiger partial charge in [0, 0.05) is 12.5 Å². The van der Waals surface area contributed by atoms with E-state index >= 15 is 0 Å². The Bertz CT molecular complexity index is 169. The van der Waals surface area contributed by atoms with Gasteiger partial charge in [0.15, 0.2) is 0 Å². The van der Waals surface area contributed by atoms with Gasteiger partial charge in [-0.15, -0.1) is 6.58 Å². The number of allylic oxidation sites excluding steroid dienone is 1. The van der Waals surface area contributed by atoms with Crippen molar-refractivity contribution in [3.05, 3.63) is 12.7 Å². The van der Waals surface area contributed by atoms with E-state index in [1.54, 1.807) is 0 Å². The molecule has 0 aliphatic rings. The third-order valence-electron chi connectivity index (χ3n) is 2.08. The first-order valence-electron chi connectivity index (χ1n) is 5.11. The molecule has 0 saturated carbocycles. The molecule has 0 aromatic carbocycles. The maximum absolute atomic E-state index is 10.8. The second-order valence-electron chi connectivity index (χ2n) is 3.40. The molecule has 82 valence electrons. The molecule has 1 unspecified atom stereocenters. The predicted molar refractivity (Wildman–Crippen MR) is 58.1 cm³/mol. The van der Waals surface area contributed by atoms with Gasteiger partial charge in [0.25, 0.3) is 0 Å². The second-order valence-corrected chi connectivity index (χ2v) is 3.40. The summed E-state index contributed by atoms with van der Waals surface area (Å²) in [5.41, 5.74) is 0. The molecular formula is C11H21NO2. The van der Waals surface area contributed by atoms with Crippen molar-refractivity contribution in [2.75, 3.05) is 13.7 Å². The Labute approximate surface area is 86.5 Å². The average Bonchev–Trinajstić information content (AvgIpc) is 2.21. The summed E-state index contributed by atoms with van der Waals surface area (Å²) in [4.78, 5) is 10.8. The van der Waals surface area contributed by atoms with Gasteiger partial charge >= 0.3 is 5.97 Å². The largest absolute Gasteiger partial charge is 0.469 e. The van der Waals surface area contributed by atoms with E-state index in [1.165, 1.54) is 7.11 Å². The molecule has 0 aliphatic heterocycles. The Morgan fingerprint density at radius 3 is 2.93 bits per heavy atom. The van der Waals surface area contributed by atoms with Gasteiger partial charge in [0.1, 0.15) is 0 Å². The normalized spacial score (nSPS) is 12.1. The van der Waals surface area contributed by atoms with Gasteiger partial charge in [0.2, 0.25) is 0 Å². The van der Waals surface area contributed by atoms with Crippen LogP contribution in [0.1, 0.15) is 32.6 Å².